The monoisotopic (exact) mass is 365 g/mol. The lowest BCUT2D eigenvalue weighted by molar-refractivity contribution is 0.102. The SMILES string of the molecule is COc1ccccc1CCNc1ccc(NC(=O)c2ccccc2F)cn1. The summed E-state index contributed by atoms with van der Waals surface area (Å²) in [6.07, 6.45) is 2.32. The van der Waals surface area contributed by atoms with Gasteiger partial charge in [-0.1, -0.05) is 30.3 Å². The highest BCUT2D eigenvalue weighted by atomic mass is 19.1. The summed E-state index contributed by atoms with van der Waals surface area (Å²) in [6, 6.07) is 17.2. The summed E-state index contributed by atoms with van der Waals surface area (Å²) in [5.41, 5.74) is 1.61. The van der Waals surface area contributed by atoms with Gasteiger partial charge in [-0.2, -0.15) is 0 Å². The minimum absolute atomic E-state index is 0.00323. The van der Waals surface area contributed by atoms with Gasteiger partial charge in [-0.15, -0.1) is 0 Å². The maximum atomic E-state index is 13.6. The average Bonchev–Trinajstić information content (AvgIpc) is 2.70. The fraction of sp³-hybridized carbons (Fsp3) is 0.143. The quantitative estimate of drug-likeness (QED) is 0.661. The largest absolute Gasteiger partial charge is 0.496 e. The van der Waals surface area contributed by atoms with E-state index < -0.39 is 11.7 Å². The summed E-state index contributed by atoms with van der Waals surface area (Å²) in [7, 11) is 1.65. The second-order valence-electron chi connectivity index (χ2n) is 5.85. The van der Waals surface area contributed by atoms with Crippen molar-refractivity contribution in [1.82, 2.24) is 4.98 Å². The number of hydrogen-bond acceptors (Lipinski definition) is 4. The van der Waals surface area contributed by atoms with Gasteiger partial charge in [0, 0.05) is 6.54 Å². The number of rotatable bonds is 7. The Labute approximate surface area is 157 Å². The second-order valence-corrected chi connectivity index (χ2v) is 5.85. The molecule has 1 amide bonds. The first-order valence-corrected chi connectivity index (χ1v) is 8.55. The smallest absolute Gasteiger partial charge is 0.258 e. The van der Waals surface area contributed by atoms with Crippen LogP contribution in [0.5, 0.6) is 5.75 Å². The molecule has 0 saturated carbocycles. The summed E-state index contributed by atoms with van der Waals surface area (Å²) < 4.78 is 19.0. The van der Waals surface area contributed by atoms with E-state index in [0.717, 1.165) is 17.7 Å². The highest BCUT2D eigenvalue weighted by Crippen LogP contribution is 2.18. The minimum atomic E-state index is -0.558. The number of carbonyl (C=O) groups is 1. The highest BCUT2D eigenvalue weighted by Gasteiger charge is 2.11. The van der Waals surface area contributed by atoms with E-state index in [0.29, 0.717) is 18.1 Å². The van der Waals surface area contributed by atoms with Crippen molar-refractivity contribution in [1.29, 1.82) is 0 Å². The molecule has 1 heterocycles. The molecule has 0 radical (unpaired) electrons. The van der Waals surface area contributed by atoms with Crippen molar-refractivity contribution in [2.45, 2.75) is 6.42 Å². The van der Waals surface area contributed by atoms with Gasteiger partial charge in [0.25, 0.3) is 5.91 Å². The van der Waals surface area contributed by atoms with Gasteiger partial charge in [0.1, 0.15) is 17.4 Å². The Balaban J connectivity index is 1.54. The molecule has 3 aromatic rings. The Morgan fingerprint density at radius 2 is 1.85 bits per heavy atom. The molecule has 0 spiro atoms. The molecular weight excluding hydrogens is 345 g/mol. The molecule has 3 rings (SSSR count). The summed E-state index contributed by atoms with van der Waals surface area (Å²) in [5, 5.41) is 5.86. The van der Waals surface area contributed by atoms with Gasteiger partial charge >= 0.3 is 0 Å². The molecule has 0 atom stereocenters. The van der Waals surface area contributed by atoms with Gasteiger partial charge in [-0.25, -0.2) is 9.37 Å². The van der Waals surface area contributed by atoms with Gasteiger partial charge < -0.3 is 15.4 Å². The van der Waals surface area contributed by atoms with Crippen LogP contribution in [0, 0.1) is 5.82 Å². The number of carbonyl (C=O) groups excluding carboxylic acids is 1. The van der Waals surface area contributed by atoms with Crippen molar-refractivity contribution in [2.75, 3.05) is 24.3 Å². The van der Waals surface area contributed by atoms with Crippen molar-refractivity contribution >= 4 is 17.4 Å². The van der Waals surface area contributed by atoms with Gasteiger partial charge in [0.05, 0.1) is 24.6 Å². The van der Waals surface area contributed by atoms with E-state index in [9.17, 15) is 9.18 Å². The maximum Gasteiger partial charge on any atom is 0.258 e. The van der Waals surface area contributed by atoms with E-state index in [4.69, 9.17) is 4.74 Å². The zero-order valence-corrected chi connectivity index (χ0v) is 14.9. The first-order valence-electron chi connectivity index (χ1n) is 8.55. The lowest BCUT2D eigenvalue weighted by Crippen LogP contribution is -2.14. The lowest BCUT2D eigenvalue weighted by atomic mass is 10.1. The maximum absolute atomic E-state index is 13.6. The van der Waals surface area contributed by atoms with E-state index in [2.05, 4.69) is 15.6 Å². The van der Waals surface area contributed by atoms with Gasteiger partial charge in [0.15, 0.2) is 0 Å². The van der Waals surface area contributed by atoms with Crippen LogP contribution in [-0.2, 0) is 6.42 Å². The third-order valence-electron chi connectivity index (χ3n) is 4.03. The standard InChI is InChI=1S/C21H20FN3O2/c1-27-19-9-5-2-6-15(19)12-13-23-20-11-10-16(14-24-20)25-21(26)17-7-3-4-8-18(17)22/h2-11,14H,12-13H2,1H3,(H,23,24)(H,25,26). The number of hydrogen-bond donors (Lipinski definition) is 2. The Morgan fingerprint density at radius 1 is 1.07 bits per heavy atom. The van der Waals surface area contributed by atoms with Crippen molar-refractivity contribution in [2.24, 2.45) is 0 Å². The topological polar surface area (TPSA) is 63.2 Å². The molecule has 0 fully saturated rings. The van der Waals surface area contributed by atoms with Crippen molar-refractivity contribution < 1.29 is 13.9 Å². The van der Waals surface area contributed by atoms with Crippen molar-refractivity contribution in [3.05, 3.63) is 83.8 Å². The van der Waals surface area contributed by atoms with Gasteiger partial charge in [-0.3, -0.25) is 4.79 Å². The first kappa shape index (κ1) is 18.4. The number of anilines is 2. The number of benzene rings is 2. The fourth-order valence-corrected chi connectivity index (χ4v) is 2.65. The van der Waals surface area contributed by atoms with Gasteiger partial charge in [-0.05, 0) is 42.3 Å². The molecule has 0 aliphatic carbocycles. The van der Waals surface area contributed by atoms with Crippen LogP contribution in [0.2, 0.25) is 0 Å². The molecule has 0 saturated heterocycles. The number of halogens is 1. The van der Waals surface area contributed by atoms with Crippen LogP contribution in [-0.4, -0.2) is 24.5 Å². The fourth-order valence-electron chi connectivity index (χ4n) is 2.65. The summed E-state index contributed by atoms with van der Waals surface area (Å²) in [6.45, 7) is 0.689. The van der Waals surface area contributed by atoms with Crippen LogP contribution < -0.4 is 15.4 Å². The highest BCUT2D eigenvalue weighted by molar-refractivity contribution is 6.04. The molecular formula is C21H20FN3O2. The first-order chi connectivity index (χ1) is 13.2. The third kappa shape index (κ3) is 4.82. The Morgan fingerprint density at radius 3 is 2.59 bits per heavy atom. The molecule has 138 valence electrons. The number of nitrogens with zero attached hydrogens (tertiary/aromatic N) is 1. The third-order valence-corrected chi connectivity index (χ3v) is 4.03. The Hall–Kier alpha value is -3.41. The number of pyridine rings is 1. The van der Waals surface area contributed by atoms with Crippen molar-refractivity contribution in [3.8, 4) is 5.75 Å². The van der Waals surface area contributed by atoms with Crippen LogP contribution in [0.15, 0.2) is 66.9 Å². The van der Waals surface area contributed by atoms with Crippen LogP contribution in [0.1, 0.15) is 15.9 Å². The molecule has 5 nitrogen and oxygen atoms in total. The molecule has 2 N–H and O–H groups in total. The van der Waals surface area contributed by atoms with Gasteiger partial charge in [0.2, 0.25) is 0 Å². The second kappa shape index (κ2) is 8.80. The summed E-state index contributed by atoms with van der Waals surface area (Å²) in [4.78, 5) is 16.4. The number of para-hydroxylation sites is 1. The molecule has 1 aromatic heterocycles. The van der Waals surface area contributed by atoms with Crippen LogP contribution in [0.4, 0.5) is 15.9 Å². The molecule has 0 unspecified atom stereocenters. The number of nitrogens with one attached hydrogen (secondary N) is 2. The molecule has 27 heavy (non-hydrogen) atoms. The number of amides is 1. The predicted molar refractivity (Wildman–Crippen MR) is 104 cm³/mol. The number of ether oxygens (including phenoxy) is 1. The van der Waals surface area contributed by atoms with E-state index in [1.54, 1.807) is 31.4 Å². The number of aromatic nitrogens is 1. The molecule has 0 aliphatic heterocycles. The van der Waals surface area contributed by atoms with Crippen molar-refractivity contribution in [3.63, 3.8) is 0 Å². The molecule has 0 bridgehead atoms. The average molecular weight is 365 g/mol. The summed E-state index contributed by atoms with van der Waals surface area (Å²) in [5.74, 6) is 0.483. The van der Waals surface area contributed by atoms with Crippen LogP contribution in [0.3, 0.4) is 0 Å². The molecule has 2 aromatic carbocycles. The minimum Gasteiger partial charge on any atom is -0.496 e. The Bertz CT molecular complexity index is 913. The van der Waals surface area contributed by atoms with E-state index >= 15 is 0 Å². The lowest BCUT2D eigenvalue weighted by Gasteiger charge is -2.10. The zero-order valence-electron chi connectivity index (χ0n) is 14.9. The molecule has 0 aliphatic rings. The van der Waals surface area contributed by atoms with E-state index in [1.807, 2.05) is 24.3 Å². The van der Waals surface area contributed by atoms with Crippen LogP contribution in [0.25, 0.3) is 0 Å². The number of methoxy groups -OCH3 is 1. The summed E-state index contributed by atoms with van der Waals surface area (Å²) >= 11 is 0. The molecule has 6 heteroatoms. The normalized spacial score (nSPS) is 10.3. The van der Waals surface area contributed by atoms with E-state index in [-0.39, 0.29) is 5.56 Å². The van der Waals surface area contributed by atoms with E-state index in [1.165, 1.54) is 18.3 Å². The predicted octanol–water partition coefficient (Wildman–Crippen LogP) is 4.14. The Kier molecular flexibility index (Phi) is 5.99. The van der Waals surface area contributed by atoms with Crippen LogP contribution >= 0.6 is 0 Å². The zero-order chi connectivity index (χ0) is 19.1.